The topological polar surface area (TPSA) is 12.0 Å². The van der Waals surface area contributed by atoms with Crippen molar-refractivity contribution in [2.75, 3.05) is 0 Å². The van der Waals surface area contributed by atoms with E-state index in [1.807, 2.05) is 39.0 Å². The number of rotatable bonds is 1. The maximum absolute atomic E-state index is 3.50. The maximum Gasteiger partial charge on any atom is 0.0698 e. The number of hydrogen-bond acceptors (Lipinski definition) is 2. The zero-order chi connectivity index (χ0) is 18.4. The van der Waals surface area contributed by atoms with E-state index < -0.39 is 0 Å². The Hall–Kier alpha value is -1.80. The van der Waals surface area contributed by atoms with Crippen LogP contribution in [0.1, 0.15) is 68.6 Å². The fourth-order valence-electron chi connectivity index (χ4n) is 3.22. The molecule has 0 bridgehead atoms. The van der Waals surface area contributed by atoms with Crippen LogP contribution >= 0.6 is 11.3 Å². The van der Waals surface area contributed by atoms with Gasteiger partial charge in [-0.05, 0) is 61.1 Å². The first-order chi connectivity index (χ1) is 12.2. The Labute approximate surface area is 157 Å². The molecule has 1 atom stereocenters. The molecule has 1 aliphatic heterocycles. The summed E-state index contributed by atoms with van der Waals surface area (Å²) in [5.41, 5.74) is 5.50. The largest absolute Gasteiger partial charge is 0.380 e. The summed E-state index contributed by atoms with van der Waals surface area (Å²) in [6.45, 7) is 12.3. The van der Waals surface area contributed by atoms with Crippen LogP contribution in [-0.2, 0) is 6.42 Å². The lowest BCUT2D eigenvalue weighted by Gasteiger charge is -2.20. The van der Waals surface area contributed by atoms with Gasteiger partial charge in [0.1, 0.15) is 0 Å². The van der Waals surface area contributed by atoms with E-state index in [2.05, 4.69) is 61.8 Å². The van der Waals surface area contributed by atoms with Crippen LogP contribution < -0.4 is 5.32 Å². The summed E-state index contributed by atoms with van der Waals surface area (Å²) >= 11 is 1.97. The predicted octanol–water partition coefficient (Wildman–Crippen LogP) is 7.33. The predicted molar refractivity (Wildman–Crippen MR) is 115 cm³/mol. The molecule has 1 aliphatic carbocycles. The van der Waals surface area contributed by atoms with E-state index in [0.717, 1.165) is 0 Å². The SMILES string of the molecule is CC.CC.CC1=CNC(c2cc3c4c(sc3cc2C)CCC=C4)C=C1. The van der Waals surface area contributed by atoms with Crippen LogP contribution in [0.4, 0.5) is 0 Å². The third-order valence-electron chi connectivity index (χ3n) is 4.39. The standard InChI is InChI=1S/C19H19NS.2C2H6/c1-12-7-8-17(20-11-12)15-10-16-14-5-3-4-6-18(14)21-19(16)9-13(15)2;2*1-2/h3,5,7-11,17,20H,4,6H2,1-2H3;2*1-2H3. The van der Waals surface area contributed by atoms with E-state index in [4.69, 9.17) is 0 Å². The summed E-state index contributed by atoms with van der Waals surface area (Å²) in [6, 6.07) is 5.05. The molecule has 1 N–H and O–H groups in total. The van der Waals surface area contributed by atoms with Crippen LogP contribution in [0.25, 0.3) is 16.2 Å². The lowest BCUT2D eigenvalue weighted by molar-refractivity contribution is 0.735. The van der Waals surface area contributed by atoms with E-state index in [0.29, 0.717) is 6.04 Å². The number of aryl methyl sites for hydroxylation is 2. The lowest BCUT2D eigenvalue weighted by atomic mass is 9.95. The molecular formula is C23H31NS. The number of fused-ring (bicyclic) bond motifs is 3. The quantitative estimate of drug-likeness (QED) is 0.566. The molecule has 1 unspecified atom stereocenters. The Morgan fingerprint density at radius 3 is 2.48 bits per heavy atom. The molecule has 0 amide bonds. The molecule has 1 aromatic carbocycles. The van der Waals surface area contributed by atoms with Gasteiger partial charge in [0.25, 0.3) is 0 Å². The third-order valence-corrected chi connectivity index (χ3v) is 5.62. The smallest absolute Gasteiger partial charge is 0.0698 e. The monoisotopic (exact) mass is 353 g/mol. The Morgan fingerprint density at radius 2 is 1.80 bits per heavy atom. The second-order valence-corrected chi connectivity index (χ2v) is 7.11. The number of thiophene rings is 1. The summed E-state index contributed by atoms with van der Waals surface area (Å²) in [7, 11) is 0. The van der Waals surface area contributed by atoms with Crippen molar-refractivity contribution in [3.05, 3.63) is 63.7 Å². The van der Waals surface area contributed by atoms with Crippen molar-refractivity contribution in [1.29, 1.82) is 0 Å². The molecule has 1 aromatic heterocycles. The number of dihydropyridines is 1. The van der Waals surface area contributed by atoms with Crippen LogP contribution in [0.5, 0.6) is 0 Å². The Kier molecular flexibility index (Phi) is 7.07. The van der Waals surface area contributed by atoms with Gasteiger partial charge in [0, 0.05) is 21.2 Å². The van der Waals surface area contributed by atoms with Gasteiger partial charge >= 0.3 is 0 Å². The molecular weight excluding hydrogens is 322 g/mol. The van der Waals surface area contributed by atoms with E-state index in [9.17, 15) is 0 Å². The normalized spacial score (nSPS) is 17.5. The molecule has 0 fully saturated rings. The highest BCUT2D eigenvalue weighted by Crippen LogP contribution is 2.38. The van der Waals surface area contributed by atoms with Gasteiger partial charge in [-0.15, -0.1) is 11.3 Å². The van der Waals surface area contributed by atoms with E-state index >= 15 is 0 Å². The fraction of sp³-hybridized carbons (Fsp3) is 0.391. The van der Waals surface area contributed by atoms with Gasteiger partial charge in [-0.3, -0.25) is 0 Å². The molecule has 4 rings (SSSR count). The molecule has 1 nitrogen and oxygen atoms in total. The molecule has 2 aromatic rings. The van der Waals surface area contributed by atoms with Crippen LogP contribution in [0.2, 0.25) is 0 Å². The molecule has 2 heteroatoms. The van der Waals surface area contributed by atoms with Crippen LogP contribution in [0.15, 0.2) is 42.1 Å². The third kappa shape index (κ3) is 4.07. The van der Waals surface area contributed by atoms with Crippen LogP contribution in [-0.4, -0.2) is 0 Å². The van der Waals surface area contributed by atoms with Gasteiger partial charge in [0.05, 0.1) is 6.04 Å². The molecule has 2 heterocycles. The van der Waals surface area contributed by atoms with E-state index in [1.54, 1.807) is 4.88 Å². The van der Waals surface area contributed by atoms with Crippen LogP contribution in [0, 0.1) is 6.92 Å². The van der Waals surface area contributed by atoms with Gasteiger partial charge in [-0.25, -0.2) is 0 Å². The molecule has 0 saturated heterocycles. The lowest BCUT2D eigenvalue weighted by Crippen LogP contribution is -2.17. The Bertz CT molecular complexity index is 805. The number of benzene rings is 1. The average molecular weight is 354 g/mol. The Balaban J connectivity index is 0.000000528. The zero-order valence-electron chi connectivity index (χ0n) is 16.4. The molecule has 2 aliphatic rings. The molecule has 0 spiro atoms. The molecule has 134 valence electrons. The minimum absolute atomic E-state index is 0.293. The van der Waals surface area contributed by atoms with Crippen molar-refractivity contribution in [3.63, 3.8) is 0 Å². The van der Waals surface area contributed by atoms with Gasteiger partial charge < -0.3 is 5.32 Å². The van der Waals surface area contributed by atoms with E-state index in [1.165, 1.54) is 45.2 Å². The number of nitrogens with one attached hydrogen (secondary N) is 1. The van der Waals surface area contributed by atoms with Gasteiger partial charge in [-0.1, -0.05) is 52.0 Å². The highest BCUT2D eigenvalue weighted by Gasteiger charge is 2.17. The number of hydrogen-bond donors (Lipinski definition) is 1. The van der Waals surface area contributed by atoms with Crippen molar-refractivity contribution in [2.45, 2.75) is 60.4 Å². The first kappa shape index (κ1) is 19.5. The first-order valence-corrected chi connectivity index (χ1v) is 10.4. The highest BCUT2D eigenvalue weighted by molar-refractivity contribution is 7.19. The summed E-state index contributed by atoms with van der Waals surface area (Å²) in [6.07, 6.45) is 13.6. The molecule has 25 heavy (non-hydrogen) atoms. The Morgan fingerprint density at radius 1 is 1.04 bits per heavy atom. The summed E-state index contributed by atoms with van der Waals surface area (Å²) in [5.74, 6) is 0. The van der Waals surface area contributed by atoms with Gasteiger partial charge in [0.2, 0.25) is 0 Å². The summed E-state index contributed by atoms with van der Waals surface area (Å²) in [5, 5.41) is 4.92. The fourth-order valence-corrected chi connectivity index (χ4v) is 4.50. The second-order valence-electron chi connectivity index (χ2n) is 5.98. The summed E-state index contributed by atoms with van der Waals surface area (Å²) < 4.78 is 1.43. The first-order valence-electron chi connectivity index (χ1n) is 9.56. The average Bonchev–Trinajstić information content (AvgIpc) is 3.02. The minimum Gasteiger partial charge on any atom is -0.380 e. The molecule has 0 radical (unpaired) electrons. The van der Waals surface area contributed by atoms with Crippen LogP contribution in [0.3, 0.4) is 0 Å². The van der Waals surface area contributed by atoms with E-state index in [-0.39, 0.29) is 0 Å². The van der Waals surface area contributed by atoms with Gasteiger partial charge in [-0.2, -0.15) is 0 Å². The van der Waals surface area contributed by atoms with Gasteiger partial charge in [0.15, 0.2) is 0 Å². The summed E-state index contributed by atoms with van der Waals surface area (Å²) in [4.78, 5) is 1.55. The van der Waals surface area contributed by atoms with Crippen molar-refractivity contribution in [3.8, 4) is 0 Å². The van der Waals surface area contributed by atoms with Crippen molar-refractivity contribution >= 4 is 27.5 Å². The number of allylic oxidation sites excluding steroid dienone is 3. The molecule has 0 saturated carbocycles. The van der Waals surface area contributed by atoms with Crippen molar-refractivity contribution in [1.82, 2.24) is 5.32 Å². The highest BCUT2D eigenvalue weighted by atomic mass is 32.1. The van der Waals surface area contributed by atoms with Crippen molar-refractivity contribution in [2.24, 2.45) is 0 Å². The minimum atomic E-state index is 0.293. The second kappa shape index (κ2) is 9.05. The zero-order valence-corrected chi connectivity index (χ0v) is 17.3. The van der Waals surface area contributed by atoms with Crippen molar-refractivity contribution < 1.29 is 0 Å². The maximum atomic E-state index is 3.50.